The summed E-state index contributed by atoms with van der Waals surface area (Å²) in [6.07, 6.45) is -1.39. The second-order valence-electron chi connectivity index (χ2n) is 3.12. The summed E-state index contributed by atoms with van der Waals surface area (Å²) in [4.78, 5) is 3.78. The van der Waals surface area contributed by atoms with Gasteiger partial charge in [0.05, 0.1) is 13.2 Å². The topological polar surface area (TPSA) is 77.4 Å². The Morgan fingerprint density at radius 2 is 2.00 bits per heavy atom. The third kappa shape index (κ3) is 1.69. The molecule has 2 fully saturated rings. The van der Waals surface area contributed by atoms with Crippen LogP contribution in [0.3, 0.4) is 0 Å². The van der Waals surface area contributed by atoms with E-state index in [2.05, 4.69) is 4.89 Å². The van der Waals surface area contributed by atoms with Crippen LogP contribution in [0.4, 0.5) is 0 Å². The van der Waals surface area contributed by atoms with E-state index in [-0.39, 0.29) is 31.7 Å². The molecule has 2 rings (SSSR count). The van der Waals surface area contributed by atoms with E-state index < -0.39 is 6.10 Å². The first-order valence-corrected chi connectivity index (χ1v) is 4.12. The SMILES string of the molecule is OOCO[C@@H]1CO[C@H]2[C@@H]1OC[C@@H]2O. The molecule has 4 atom stereocenters. The van der Waals surface area contributed by atoms with Crippen molar-refractivity contribution in [1.82, 2.24) is 0 Å². The first-order chi connectivity index (χ1) is 6.33. The molecule has 0 aromatic rings. The molecule has 0 unspecified atom stereocenters. The molecule has 0 aromatic heterocycles. The highest BCUT2D eigenvalue weighted by atomic mass is 17.1. The molecule has 76 valence electrons. The molecular weight excluding hydrogens is 180 g/mol. The van der Waals surface area contributed by atoms with Crippen LogP contribution in [0.2, 0.25) is 0 Å². The van der Waals surface area contributed by atoms with Crippen LogP contribution in [0, 0.1) is 0 Å². The number of fused-ring (bicyclic) bond motifs is 1. The Hall–Kier alpha value is -0.240. The molecule has 2 N–H and O–H groups in total. The Morgan fingerprint density at radius 1 is 1.23 bits per heavy atom. The van der Waals surface area contributed by atoms with Crippen LogP contribution < -0.4 is 0 Å². The van der Waals surface area contributed by atoms with Gasteiger partial charge in [0, 0.05) is 0 Å². The molecule has 0 spiro atoms. The summed E-state index contributed by atoms with van der Waals surface area (Å²) in [5.41, 5.74) is 0. The maximum atomic E-state index is 9.36. The van der Waals surface area contributed by atoms with Crippen molar-refractivity contribution in [3.8, 4) is 0 Å². The highest BCUT2D eigenvalue weighted by molar-refractivity contribution is 4.94. The fraction of sp³-hybridized carbons (Fsp3) is 1.00. The molecule has 0 aromatic carbocycles. The van der Waals surface area contributed by atoms with Crippen molar-refractivity contribution in [2.45, 2.75) is 24.4 Å². The quantitative estimate of drug-likeness (QED) is 0.338. The lowest BCUT2D eigenvalue weighted by atomic mass is 10.1. The van der Waals surface area contributed by atoms with Gasteiger partial charge in [0.2, 0.25) is 0 Å². The molecule has 0 bridgehead atoms. The minimum atomic E-state index is -0.575. The van der Waals surface area contributed by atoms with Crippen LogP contribution >= 0.6 is 0 Å². The largest absolute Gasteiger partial charge is 0.388 e. The molecule has 13 heavy (non-hydrogen) atoms. The van der Waals surface area contributed by atoms with E-state index in [0.29, 0.717) is 6.61 Å². The van der Waals surface area contributed by atoms with E-state index in [1.54, 1.807) is 0 Å². The van der Waals surface area contributed by atoms with Crippen LogP contribution in [0.1, 0.15) is 0 Å². The Balaban J connectivity index is 1.87. The summed E-state index contributed by atoms with van der Waals surface area (Å²) in [6, 6.07) is 0. The lowest BCUT2D eigenvalue weighted by molar-refractivity contribution is -0.306. The van der Waals surface area contributed by atoms with Gasteiger partial charge >= 0.3 is 0 Å². The highest BCUT2D eigenvalue weighted by Crippen LogP contribution is 2.28. The van der Waals surface area contributed by atoms with Gasteiger partial charge in [0.1, 0.15) is 24.4 Å². The number of hydrogen-bond donors (Lipinski definition) is 2. The molecule has 6 heteroatoms. The highest BCUT2D eigenvalue weighted by Gasteiger charge is 2.47. The average Bonchev–Trinajstić information content (AvgIpc) is 2.67. The van der Waals surface area contributed by atoms with E-state index >= 15 is 0 Å². The van der Waals surface area contributed by atoms with Crippen molar-refractivity contribution >= 4 is 0 Å². The zero-order chi connectivity index (χ0) is 9.26. The molecule has 0 saturated carbocycles. The van der Waals surface area contributed by atoms with Gasteiger partial charge in [-0.3, -0.25) is 0 Å². The van der Waals surface area contributed by atoms with Crippen molar-refractivity contribution < 1.29 is 29.5 Å². The first-order valence-electron chi connectivity index (χ1n) is 4.12. The standard InChI is InChI=1S/C7H12O6/c8-4-1-10-7-5(12-3-13-9)2-11-6(4)7/h4-9H,1-3H2/t4-,5+,6+,7+/m0/s1. The van der Waals surface area contributed by atoms with Crippen LogP contribution in [0.15, 0.2) is 0 Å². The van der Waals surface area contributed by atoms with Crippen LogP contribution in [-0.4, -0.2) is 54.8 Å². The van der Waals surface area contributed by atoms with E-state index in [0.717, 1.165) is 0 Å². The molecule has 0 amide bonds. The summed E-state index contributed by atoms with van der Waals surface area (Å²) in [7, 11) is 0. The maximum absolute atomic E-state index is 9.36. The monoisotopic (exact) mass is 192 g/mol. The Bertz CT molecular complexity index is 174. The summed E-state index contributed by atoms with van der Waals surface area (Å²) in [5, 5.41) is 17.4. The average molecular weight is 192 g/mol. The lowest BCUT2D eigenvalue weighted by Crippen LogP contribution is -2.33. The van der Waals surface area contributed by atoms with E-state index in [1.165, 1.54) is 0 Å². The van der Waals surface area contributed by atoms with E-state index in [4.69, 9.17) is 19.5 Å². The molecule has 2 aliphatic heterocycles. The fourth-order valence-corrected chi connectivity index (χ4v) is 1.70. The smallest absolute Gasteiger partial charge is 0.181 e. The minimum absolute atomic E-state index is 0.212. The Morgan fingerprint density at radius 3 is 2.77 bits per heavy atom. The van der Waals surface area contributed by atoms with Gasteiger partial charge in [0.15, 0.2) is 6.79 Å². The van der Waals surface area contributed by atoms with Crippen molar-refractivity contribution in [2.75, 3.05) is 20.0 Å². The zero-order valence-electron chi connectivity index (χ0n) is 6.96. The Labute approximate surface area is 74.9 Å². The van der Waals surface area contributed by atoms with Crippen LogP contribution in [-0.2, 0) is 19.1 Å². The lowest BCUT2D eigenvalue weighted by Gasteiger charge is -2.14. The van der Waals surface area contributed by atoms with Crippen LogP contribution in [0.5, 0.6) is 0 Å². The van der Waals surface area contributed by atoms with Gasteiger partial charge in [-0.25, -0.2) is 10.1 Å². The third-order valence-corrected chi connectivity index (χ3v) is 2.32. The normalized spacial score (nSPS) is 43.8. The van der Waals surface area contributed by atoms with Gasteiger partial charge in [-0.2, -0.15) is 0 Å². The molecule has 2 aliphatic rings. The van der Waals surface area contributed by atoms with Gasteiger partial charge in [-0.1, -0.05) is 0 Å². The molecule has 6 nitrogen and oxygen atoms in total. The van der Waals surface area contributed by atoms with Gasteiger partial charge in [-0.15, -0.1) is 0 Å². The molecule has 0 aliphatic carbocycles. The van der Waals surface area contributed by atoms with E-state index in [1.807, 2.05) is 0 Å². The van der Waals surface area contributed by atoms with Crippen molar-refractivity contribution in [2.24, 2.45) is 0 Å². The molecule has 2 heterocycles. The number of hydrogen-bond acceptors (Lipinski definition) is 6. The number of aliphatic hydroxyl groups excluding tert-OH is 1. The van der Waals surface area contributed by atoms with Crippen LogP contribution in [0.25, 0.3) is 0 Å². The second kappa shape index (κ2) is 3.87. The van der Waals surface area contributed by atoms with E-state index in [9.17, 15) is 5.11 Å². The van der Waals surface area contributed by atoms with Gasteiger partial charge < -0.3 is 19.3 Å². The van der Waals surface area contributed by atoms with Gasteiger partial charge in [0.25, 0.3) is 0 Å². The minimum Gasteiger partial charge on any atom is -0.388 e. The third-order valence-electron chi connectivity index (χ3n) is 2.32. The molecule has 0 radical (unpaired) electrons. The number of aliphatic hydroxyl groups is 1. The number of rotatable bonds is 3. The zero-order valence-corrected chi connectivity index (χ0v) is 6.96. The summed E-state index contributed by atoms with van der Waals surface area (Å²) in [5.74, 6) is 0. The predicted octanol–water partition coefficient (Wildman–Crippen LogP) is -1.02. The fourth-order valence-electron chi connectivity index (χ4n) is 1.70. The Kier molecular flexibility index (Phi) is 2.77. The second-order valence-corrected chi connectivity index (χ2v) is 3.12. The summed E-state index contributed by atoms with van der Waals surface area (Å²) >= 11 is 0. The molecule has 2 saturated heterocycles. The molecular formula is C7H12O6. The maximum Gasteiger partial charge on any atom is 0.181 e. The summed E-state index contributed by atoms with van der Waals surface area (Å²) in [6.45, 7) is 0.418. The predicted molar refractivity (Wildman–Crippen MR) is 38.9 cm³/mol. The van der Waals surface area contributed by atoms with Crippen molar-refractivity contribution in [3.05, 3.63) is 0 Å². The van der Waals surface area contributed by atoms with Crippen molar-refractivity contribution in [1.29, 1.82) is 0 Å². The number of ether oxygens (including phenoxy) is 3. The van der Waals surface area contributed by atoms with Gasteiger partial charge in [-0.05, 0) is 0 Å². The summed E-state index contributed by atoms with van der Waals surface area (Å²) < 4.78 is 15.6. The van der Waals surface area contributed by atoms with Crippen molar-refractivity contribution in [3.63, 3.8) is 0 Å². The first kappa shape index (κ1) is 9.32.